The Morgan fingerprint density at radius 1 is 1.05 bits per heavy atom. The normalized spacial score (nSPS) is 12.5. The van der Waals surface area contributed by atoms with Gasteiger partial charge in [0.1, 0.15) is 5.82 Å². The summed E-state index contributed by atoms with van der Waals surface area (Å²) in [7, 11) is 0. The molecule has 0 amide bonds. The summed E-state index contributed by atoms with van der Waals surface area (Å²) in [6.45, 7) is 5.50. The van der Waals surface area contributed by atoms with E-state index in [0.29, 0.717) is 6.04 Å². The second-order valence-corrected chi connectivity index (χ2v) is 5.90. The zero-order chi connectivity index (χ0) is 15.6. The number of benzene rings is 1. The van der Waals surface area contributed by atoms with Crippen molar-refractivity contribution in [3.8, 4) is 11.3 Å². The maximum absolute atomic E-state index is 4.63. The topological polar surface area (TPSA) is 40.7 Å². The Labute approximate surface area is 134 Å². The summed E-state index contributed by atoms with van der Waals surface area (Å²) in [4.78, 5) is 8.13. The third-order valence-electron chi connectivity index (χ3n) is 4.00. The fourth-order valence-corrected chi connectivity index (χ4v) is 2.71. The van der Waals surface area contributed by atoms with Crippen LogP contribution in [0.5, 0.6) is 0 Å². The van der Waals surface area contributed by atoms with Gasteiger partial charge < -0.3 is 10.3 Å². The van der Waals surface area contributed by atoms with Crippen molar-refractivity contribution in [2.75, 3.05) is 6.54 Å². The van der Waals surface area contributed by atoms with Gasteiger partial charge in [-0.05, 0) is 24.9 Å². The van der Waals surface area contributed by atoms with E-state index in [9.17, 15) is 0 Å². The summed E-state index contributed by atoms with van der Waals surface area (Å²) in [5.41, 5.74) is 2.30. The lowest BCUT2D eigenvalue weighted by atomic mass is 10.1. The molecule has 2 N–H and O–H groups in total. The molecule has 0 radical (unpaired) electrons. The first-order chi connectivity index (χ1) is 10.8. The zero-order valence-corrected chi connectivity index (χ0v) is 13.9. The first-order valence-corrected chi connectivity index (χ1v) is 8.68. The van der Waals surface area contributed by atoms with E-state index in [1.54, 1.807) is 0 Å². The summed E-state index contributed by atoms with van der Waals surface area (Å²) in [5, 5.41) is 3.63. The van der Waals surface area contributed by atoms with Gasteiger partial charge in [0.2, 0.25) is 0 Å². The van der Waals surface area contributed by atoms with Gasteiger partial charge in [-0.3, -0.25) is 0 Å². The Hall–Kier alpha value is -1.61. The first-order valence-electron chi connectivity index (χ1n) is 8.68. The van der Waals surface area contributed by atoms with Crippen LogP contribution in [0.3, 0.4) is 0 Å². The van der Waals surface area contributed by atoms with E-state index >= 15 is 0 Å². The van der Waals surface area contributed by atoms with Crippen molar-refractivity contribution in [2.24, 2.45) is 0 Å². The van der Waals surface area contributed by atoms with Gasteiger partial charge in [0.05, 0.1) is 17.9 Å². The molecule has 3 nitrogen and oxygen atoms in total. The SMILES string of the molecule is CCCCCC[C@H](NCCC)c1ncc(-c2ccccc2)[nH]1. The van der Waals surface area contributed by atoms with Crippen molar-refractivity contribution < 1.29 is 0 Å². The van der Waals surface area contributed by atoms with Crippen LogP contribution in [0.1, 0.15) is 64.2 Å². The molecule has 0 fully saturated rings. The minimum atomic E-state index is 0.342. The highest BCUT2D eigenvalue weighted by atomic mass is 15.0. The molecule has 0 aliphatic rings. The van der Waals surface area contributed by atoms with Crippen LogP contribution in [-0.2, 0) is 0 Å². The maximum atomic E-state index is 4.63. The van der Waals surface area contributed by atoms with E-state index in [1.165, 1.54) is 31.2 Å². The molecule has 120 valence electrons. The highest BCUT2D eigenvalue weighted by Crippen LogP contribution is 2.22. The van der Waals surface area contributed by atoms with Crippen LogP contribution in [0, 0.1) is 0 Å². The largest absolute Gasteiger partial charge is 0.341 e. The molecule has 3 heteroatoms. The summed E-state index contributed by atoms with van der Waals surface area (Å²) < 4.78 is 0. The molecule has 0 spiro atoms. The van der Waals surface area contributed by atoms with E-state index in [-0.39, 0.29) is 0 Å². The van der Waals surface area contributed by atoms with Gasteiger partial charge in [0.15, 0.2) is 0 Å². The third-order valence-corrected chi connectivity index (χ3v) is 4.00. The standard InChI is InChI=1S/C19H29N3/c1-3-5-6-10-13-17(20-14-4-2)19-21-15-18(22-19)16-11-8-7-9-12-16/h7-9,11-12,15,17,20H,3-6,10,13-14H2,1-2H3,(H,21,22)/t17-/m0/s1. The second kappa shape index (κ2) is 9.42. The van der Waals surface area contributed by atoms with E-state index in [0.717, 1.165) is 30.9 Å². The van der Waals surface area contributed by atoms with Crippen molar-refractivity contribution in [3.63, 3.8) is 0 Å². The monoisotopic (exact) mass is 299 g/mol. The number of hydrogen-bond acceptors (Lipinski definition) is 2. The van der Waals surface area contributed by atoms with Gasteiger partial charge in [-0.2, -0.15) is 0 Å². The van der Waals surface area contributed by atoms with Crippen LogP contribution >= 0.6 is 0 Å². The quantitative estimate of drug-likeness (QED) is 0.600. The fourth-order valence-electron chi connectivity index (χ4n) is 2.71. The molecule has 0 bridgehead atoms. The summed E-state index contributed by atoms with van der Waals surface area (Å²) in [6.07, 6.45) is 9.44. The average molecular weight is 299 g/mol. The van der Waals surface area contributed by atoms with Crippen LogP contribution in [0.4, 0.5) is 0 Å². The Bertz CT molecular complexity index is 518. The average Bonchev–Trinajstić information content (AvgIpc) is 3.05. The molecule has 0 unspecified atom stereocenters. The van der Waals surface area contributed by atoms with Gasteiger partial charge in [0.25, 0.3) is 0 Å². The Morgan fingerprint density at radius 2 is 1.86 bits per heavy atom. The second-order valence-electron chi connectivity index (χ2n) is 5.90. The number of imidazole rings is 1. The van der Waals surface area contributed by atoms with Crippen LogP contribution in [0.25, 0.3) is 11.3 Å². The molecule has 1 heterocycles. The van der Waals surface area contributed by atoms with Crippen molar-refractivity contribution in [3.05, 3.63) is 42.4 Å². The molecule has 0 saturated heterocycles. The number of hydrogen-bond donors (Lipinski definition) is 2. The van der Waals surface area contributed by atoms with Crippen molar-refractivity contribution in [1.82, 2.24) is 15.3 Å². The predicted molar refractivity (Wildman–Crippen MR) is 93.8 cm³/mol. The Morgan fingerprint density at radius 3 is 2.59 bits per heavy atom. The molecule has 1 atom stereocenters. The number of unbranched alkanes of at least 4 members (excludes halogenated alkanes) is 3. The van der Waals surface area contributed by atoms with Crippen LogP contribution in [-0.4, -0.2) is 16.5 Å². The number of H-pyrrole nitrogens is 1. The maximum Gasteiger partial charge on any atom is 0.123 e. The van der Waals surface area contributed by atoms with E-state index in [1.807, 2.05) is 12.3 Å². The van der Waals surface area contributed by atoms with Gasteiger partial charge >= 0.3 is 0 Å². The summed E-state index contributed by atoms with van der Waals surface area (Å²) >= 11 is 0. The highest BCUT2D eigenvalue weighted by molar-refractivity contribution is 5.58. The molecule has 0 aliphatic heterocycles. The minimum absolute atomic E-state index is 0.342. The molecular weight excluding hydrogens is 270 g/mol. The Balaban J connectivity index is 2.02. The third kappa shape index (κ3) is 4.99. The van der Waals surface area contributed by atoms with Crippen molar-refractivity contribution in [2.45, 2.75) is 58.4 Å². The lowest BCUT2D eigenvalue weighted by Gasteiger charge is -2.16. The number of aromatic amines is 1. The lowest BCUT2D eigenvalue weighted by Crippen LogP contribution is -2.23. The van der Waals surface area contributed by atoms with E-state index < -0.39 is 0 Å². The smallest absolute Gasteiger partial charge is 0.123 e. The van der Waals surface area contributed by atoms with Gasteiger partial charge in [-0.1, -0.05) is 69.9 Å². The van der Waals surface area contributed by atoms with Gasteiger partial charge in [0, 0.05) is 0 Å². The van der Waals surface area contributed by atoms with Crippen LogP contribution in [0.2, 0.25) is 0 Å². The minimum Gasteiger partial charge on any atom is -0.341 e. The highest BCUT2D eigenvalue weighted by Gasteiger charge is 2.14. The molecule has 0 saturated carbocycles. The fraction of sp³-hybridized carbons (Fsp3) is 0.526. The summed E-state index contributed by atoms with van der Waals surface area (Å²) in [5.74, 6) is 1.07. The molecule has 2 rings (SSSR count). The lowest BCUT2D eigenvalue weighted by molar-refractivity contribution is 0.455. The van der Waals surface area contributed by atoms with E-state index in [2.05, 4.69) is 53.4 Å². The molecule has 1 aromatic carbocycles. The molecular formula is C19H29N3. The van der Waals surface area contributed by atoms with Crippen molar-refractivity contribution >= 4 is 0 Å². The number of aromatic nitrogens is 2. The van der Waals surface area contributed by atoms with Crippen LogP contribution in [0.15, 0.2) is 36.5 Å². The Kier molecular flexibility index (Phi) is 7.17. The molecule has 22 heavy (non-hydrogen) atoms. The molecule has 0 aliphatic carbocycles. The number of rotatable bonds is 10. The van der Waals surface area contributed by atoms with E-state index in [4.69, 9.17) is 0 Å². The summed E-state index contributed by atoms with van der Waals surface area (Å²) in [6, 6.07) is 10.7. The van der Waals surface area contributed by atoms with Crippen LogP contribution < -0.4 is 5.32 Å². The zero-order valence-electron chi connectivity index (χ0n) is 13.9. The number of nitrogens with one attached hydrogen (secondary N) is 2. The predicted octanol–water partition coefficient (Wildman–Crippen LogP) is 5.09. The van der Waals surface area contributed by atoms with Gasteiger partial charge in [-0.25, -0.2) is 4.98 Å². The van der Waals surface area contributed by atoms with Crippen molar-refractivity contribution in [1.29, 1.82) is 0 Å². The molecule has 1 aromatic heterocycles. The van der Waals surface area contributed by atoms with Gasteiger partial charge in [-0.15, -0.1) is 0 Å². The number of nitrogens with zero attached hydrogens (tertiary/aromatic N) is 1. The molecule has 2 aromatic rings. The first kappa shape index (κ1) is 16.8.